The minimum atomic E-state index is -0.182. The normalized spacial score (nSPS) is 13.9. The topological polar surface area (TPSA) is 87.6 Å². The smallest absolute Gasteiger partial charge is 0.271 e. The molecule has 1 aromatic carbocycles. The van der Waals surface area contributed by atoms with E-state index in [2.05, 4.69) is 37.7 Å². The third-order valence-corrected chi connectivity index (χ3v) is 5.19. The molecule has 0 spiro atoms. The molecule has 0 saturated carbocycles. The number of hydrogen-bond acceptors (Lipinski definition) is 7. The molecule has 3 heterocycles. The maximum absolute atomic E-state index is 12.3. The molecule has 0 radical (unpaired) electrons. The van der Waals surface area contributed by atoms with Gasteiger partial charge in [-0.3, -0.25) is 4.79 Å². The summed E-state index contributed by atoms with van der Waals surface area (Å²) in [7, 11) is 3.93. The number of pyridine rings is 1. The van der Waals surface area contributed by atoms with Gasteiger partial charge in [0.25, 0.3) is 5.91 Å². The van der Waals surface area contributed by atoms with Crippen molar-refractivity contribution >= 4 is 23.1 Å². The van der Waals surface area contributed by atoms with Crippen LogP contribution in [0, 0.1) is 0 Å². The summed E-state index contributed by atoms with van der Waals surface area (Å²) >= 11 is 0. The van der Waals surface area contributed by atoms with Crippen LogP contribution >= 0.6 is 0 Å². The molecule has 2 aromatic heterocycles. The molecule has 3 aromatic rings. The molecule has 0 atom stereocenters. The highest BCUT2D eigenvalue weighted by molar-refractivity contribution is 5.92. The molecule has 2 N–H and O–H groups in total. The number of carbonyl (C=O) groups is 1. The number of carbonyl (C=O) groups excluding carboxylic acids is 1. The van der Waals surface area contributed by atoms with E-state index in [-0.39, 0.29) is 5.91 Å². The number of anilines is 3. The Hall–Kier alpha value is -3.43. The van der Waals surface area contributed by atoms with Crippen LogP contribution in [0.1, 0.15) is 10.5 Å². The minimum absolute atomic E-state index is 0.182. The van der Waals surface area contributed by atoms with Crippen molar-refractivity contribution in [1.82, 2.24) is 25.0 Å². The van der Waals surface area contributed by atoms with Crippen molar-refractivity contribution in [3.05, 3.63) is 60.6 Å². The molecule has 1 aliphatic rings. The number of aromatic nitrogens is 3. The number of hydrogen-bond donors (Lipinski definition) is 2. The molecule has 1 amide bonds. The third kappa shape index (κ3) is 5.63. The third-order valence-electron chi connectivity index (χ3n) is 5.19. The predicted octanol–water partition coefficient (Wildman–Crippen LogP) is 2.14. The highest BCUT2D eigenvalue weighted by atomic mass is 16.5. The molecule has 168 valence electrons. The number of morpholine rings is 1. The first-order chi connectivity index (χ1) is 15.6. The molecular formula is C23H29N7O2. The van der Waals surface area contributed by atoms with Crippen molar-refractivity contribution in [3.8, 4) is 5.69 Å². The zero-order chi connectivity index (χ0) is 22.3. The lowest BCUT2D eigenvalue weighted by atomic mass is 10.2. The van der Waals surface area contributed by atoms with Crippen LogP contribution in [0.5, 0.6) is 0 Å². The SMILES string of the molecule is CN(C)CCNC(=O)c1ccn(-c2ccnc(Nc3ccc(N4CCOCC4)cc3)c2)n1. The van der Waals surface area contributed by atoms with Crippen LogP contribution in [0.15, 0.2) is 54.9 Å². The van der Waals surface area contributed by atoms with Gasteiger partial charge >= 0.3 is 0 Å². The van der Waals surface area contributed by atoms with Crippen molar-refractivity contribution in [1.29, 1.82) is 0 Å². The Morgan fingerprint density at radius 1 is 1.09 bits per heavy atom. The Balaban J connectivity index is 1.39. The molecule has 9 heteroatoms. The predicted molar refractivity (Wildman–Crippen MR) is 125 cm³/mol. The Morgan fingerprint density at radius 3 is 2.62 bits per heavy atom. The number of amides is 1. The van der Waals surface area contributed by atoms with Crippen LogP contribution in [0.3, 0.4) is 0 Å². The van der Waals surface area contributed by atoms with Gasteiger partial charge in [0.15, 0.2) is 5.69 Å². The van der Waals surface area contributed by atoms with Crippen LogP contribution in [0.2, 0.25) is 0 Å². The van der Waals surface area contributed by atoms with Crippen molar-refractivity contribution in [2.75, 3.05) is 63.7 Å². The van der Waals surface area contributed by atoms with Crippen LogP contribution < -0.4 is 15.5 Å². The van der Waals surface area contributed by atoms with Crippen LogP contribution in [-0.4, -0.2) is 79.1 Å². The van der Waals surface area contributed by atoms with Gasteiger partial charge in [-0.05, 0) is 50.5 Å². The Kier molecular flexibility index (Phi) is 6.98. The number of nitrogens with zero attached hydrogens (tertiary/aromatic N) is 5. The first-order valence-electron chi connectivity index (χ1n) is 10.7. The minimum Gasteiger partial charge on any atom is -0.378 e. The number of nitrogens with one attached hydrogen (secondary N) is 2. The van der Waals surface area contributed by atoms with Gasteiger partial charge in [0.1, 0.15) is 5.82 Å². The van der Waals surface area contributed by atoms with Crippen molar-refractivity contribution in [2.24, 2.45) is 0 Å². The summed E-state index contributed by atoms with van der Waals surface area (Å²) in [6.07, 6.45) is 3.50. The fourth-order valence-electron chi connectivity index (χ4n) is 3.43. The molecule has 0 bridgehead atoms. The number of likely N-dealkylation sites (N-methyl/N-ethyl adjacent to an activating group) is 1. The molecule has 0 unspecified atom stereocenters. The number of ether oxygens (including phenoxy) is 1. The van der Waals surface area contributed by atoms with E-state index in [0.29, 0.717) is 18.1 Å². The average Bonchev–Trinajstić information content (AvgIpc) is 3.31. The van der Waals surface area contributed by atoms with E-state index >= 15 is 0 Å². The molecule has 32 heavy (non-hydrogen) atoms. The maximum Gasteiger partial charge on any atom is 0.271 e. The van der Waals surface area contributed by atoms with Gasteiger partial charge in [0.2, 0.25) is 0 Å². The largest absolute Gasteiger partial charge is 0.378 e. The summed E-state index contributed by atoms with van der Waals surface area (Å²) in [5.74, 6) is 0.521. The van der Waals surface area contributed by atoms with Crippen LogP contribution in [-0.2, 0) is 4.74 Å². The van der Waals surface area contributed by atoms with Crippen molar-refractivity contribution in [2.45, 2.75) is 0 Å². The maximum atomic E-state index is 12.3. The van der Waals surface area contributed by atoms with E-state index in [1.54, 1.807) is 23.1 Å². The lowest BCUT2D eigenvalue weighted by molar-refractivity contribution is 0.0945. The highest BCUT2D eigenvalue weighted by Gasteiger charge is 2.12. The quantitative estimate of drug-likeness (QED) is 0.561. The molecular weight excluding hydrogens is 406 g/mol. The van der Waals surface area contributed by atoms with E-state index in [4.69, 9.17) is 4.74 Å². The first-order valence-corrected chi connectivity index (χ1v) is 10.7. The van der Waals surface area contributed by atoms with E-state index in [1.165, 1.54) is 5.69 Å². The Morgan fingerprint density at radius 2 is 1.88 bits per heavy atom. The second-order valence-corrected chi connectivity index (χ2v) is 7.88. The zero-order valence-electron chi connectivity index (χ0n) is 18.5. The molecule has 1 aliphatic heterocycles. The second kappa shape index (κ2) is 10.3. The van der Waals surface area contributed by atoms with Crippen LogP contribution in [0.4, 0.5) is 17.2 Å². The van der Waals surface area contributed by atoms with E-state index in [1.807, 2.05) is 43.3 Å². The molecule has 4 rings (SSSR count). The number of rotatable bonds is 8. The molecule has 9 nitrogen and oxygen atoms in total. The van der Waals surface area contributed by atoms with Crippen molar-refractivity contribution in [3.63, 3.8) is 0 Å². The Labute approximate surface area is 188 Å². The van der Waals surface area contributed by atoms with E-state index in [9.17, 15) is 4.79 Å². The van der Waals surface area contributed by atoms with Gasteiger partial charge in [-0.15, -0.1) is 0 Å². The van der Waals surface area contributed by atoms with Crippen LogP contribution in [0.25, 0.3) is 5.69 Å². The van der Waals surface area contributed by atoms with E-state index < -0.39 is 0 Å². The fourth-order valence-corrected chi connectivity index (χ4v) is 3.43. The summed E-state index contributed by atoms with van der Waals surface area (Å²) in [5, 5.41) is 10.6. The standard InChI is InChI=1S/C23H29N7O2/c1-28(2)12-10-25-23(31)21-8-11-30(27-21)20-7-9-24-22(17-20)26-18-3-5-19(6-4-18)29-13-15-32-16-14-29/h3-9,11,17H,10,12-16H2,1-2H3,(H,24,26)(H,25,31). The summed E-state index contributed by atoms with van der Waals surface area (Å²) in [4.78, 5) is 21.0. The van der Waals surface area contributed by atoms with E-state index in [0.717, 1.165) is 44.2 Å². The van der Waals surface area contributed by atoms with Gasteiger partial charge in [0.05, 0.1) is 18.9 Å². The molecule has 1 saturated heterocycles. The van der Waals surface area contributed by atoms with Gasteiger partial charge in [0, 0.05) is 56.0 Å². The first kappa shape index (κ1) is 21.8. The van der Waals surface area contributed by atoms with Gasteiger partial charge in [-0.1, -0.05) is 0 Å². The van der Waals surface area contributed by atoms with Gasteiger partial charge < -0.3 is 25.2 Å². The monoisotopic (exact) mass is 435 g/mol. The summed E-state index contributed by atoms with van der Waals surface area (Å²) in [5.41, 5.74) is 3.34. The summed E-state index contributed by atoms with van der Waals surface area (Å²) in [6.45, 7) is 4.71. The molecule has 0 aliphatic carbocycles. The van der Waals surface area contributed by atoms with Crippen molar-refractivity contribution < 1.29 is 9.53 Å². The lowest BCUT2D eigenvalue weighted by Crippen LogP contribution is -2.36. The zero-order valence-corrected chi connectivity index (χ0v) is 18.5. The summed E-state index contributed by atoms with van der Waals surface area (Å²) < 4.78 is 7.09. The van der Waals surface area contributed by atoms with Gasteiger partial charge in [-0.25, -0.2) is 9.67 Å². The molecule has 1 fully saturated rings. The van der Waals surface area contributed by atoms with Gasteiger partial charge in [-0.2, -0.15) is 5.10 Å². The Bertz CT molecular complexity index is 1030. The lowest BCUT2D eigenvalue weighted by Gasteiger charge is -2.28. The average molecular weight is 436 g/mol. The second-order valence-electron chi connectivity index (χ2n) is 7.88. The highest BCUT2D eigenvalue weighted by Crippen LogP contribution is 2.22. The number of benzene rings is 1. The fraction of sp³-hybridized carbons (Fsp3) is 0.348. The summed E-state index contributed by atoms with van der Waals surface area (Å²) in [6, 6.07) is 13.8.